The van der Waals surface area contributed by atoms with E-state index in [9.17, 15) is 9.59 Å². The van der Waals surface area contributed by atoms with Crippen LogP contribution in [0.5, 0.6) is 0 Å². The Kier molecular flexibility index (Phi) is 5.03. The third-order valence-electron chi connectivity index (χ3n) is 4.47. The number of carbonyl (C=O) groups excluding carboxylic acids is 2. The standard InChI is InChI=1S/C20H22N2O3/c1-14-13-17(9-10-18(14)22-11-3-4-12-22)21-19(23)15-5-7-16(8-6-15)20(24)25-2/h5-10,13H,3-4,11-12H2,1-2H3,(H,21,23). The van der Waals surface area contributed by atoms with E-state index < -0.39 is 5.97 Å². The van der Waals surface area contributed by atoms with E-state index in [-0.39, 0.29) is 5.91 Å². The van der Waals surface area contributed by atoms with Gasteiger partial charge in [0.2, 0.25) is 0 Å². The Hall–Kier alpha value is -2.82. The molecule has 1 N–H and O–H groups in total. The lowest BCUT2D eigenvalue weighted by Crippen LogP contribution is -2.19. The Morgan fingerprint density at radius 3 is 2.24 bits per heavy atom. The smallest absolute Gasteiger partial charge is 0.337 e. The summed E-state index contributed by atoms with van der Waals surface area (Å²) in [6.07, 6.45) is 2.47. The van der Waals surface area contributed by atoms with Crippen LogP contribution in [0.4, 0.5) is 11.4 Å². The largest absolute Gasteiger partial charge is 0.465 e. The molecule has 0 radical (unpaired) electrons. The van der Waals surface area contributed by atoms with E-state index in [0.717, 1.165) is 24.3 Å². The van der Waals surface area contributed by atoms with Gasteiger partial charge in [0.15, 0.2) is 0 Å². The number of amides is 1. The van der Waals surface area contributed by atoms with Gasteiger partial charge in [-0.05, 0) is 67.8 Å². The fourth-order valence-corrected chi connectivity index (χ4v) is 3.12. The minimum Gasteiger partial charge on any atom is -0.465 e. The minimum absolute atomic E-state index is 0.204. The molecule has 3 rings (SSSR count). The van der Waals surface area contributed by atoms with E-state index in [1.165, 1.54) is 25.6 Å². The first-order valence-electron chi connectivity index (χ1n) is 8.44. The molecule has 0 bridgehead atoms. The Morgan fingerprint density at radius 2 is 1.64 bits per heavy atom. The average Bonchev–Trinajstić information content (AvgIpc) is 3.15. The van der Waals surface area contributed by atoms with Gasteiger partial charge in [0.25, 0.3) is 5.91 Å². The molecule has 5 nitrogen and oxygen atoms in total. The van der Waals surface area contributed by atoms with Gasteiger partial charge in [-0.1, -0.05) is 0 Å². The molecule has 25 heavy (non-hydrogen) atoms. The van der Waals surface area contributed by atoms with Crippen molar-refractivity contribution in [3.63, 3.8) is 0 Å². The van der Waals surface area contributed by atoms with Crippen LogP contribution in [0.1, 0.15) is 39.1 Å². The maximum absolute atomic E-state index is 12.4. The van der Waals surface area contributed by atoms with Crippen molar-refractivity contribution in [2.75, 3.05) is 30.4 Å². The topological polar surface area (TPSA) is 58.6 Å². The summed E-state index contributed by atoms with van der Waals surface area (Å²) < 4.78 is 4.66. The molecule has 0 atom stereocenters. The first kappa shape index (κ1) is 17.0. The van der Waals surface area contributed by atoms with Gasteiger partial charge in [-0.25, -0.2) is 4.79 Å². The Balaban J connectivity index is 1.70. The van der Waals surface area contributed by atoms with Gasteiger partial charge >= 0.3 is 5.97 Å². The van der Waals surface area contributed by atoms with Crippen molar-refractivity contribution >= 4 is 23.3 Å². The summed E-state index contributed by atoms with van der Waals surface area (Å²) in [5.74, 6) is -0.621. The number of aryl methyl sites for hydroxylation is 1. The summed E-state index contributed by atoms with van der Waals surface area (Å²) in [4.78, 5) is 26.2. The van der Waals surface area contributed by atoms with E-state index in [0.29, 0.717) is 11.1 Å². The molecule has 0 saturated carbocycles. The molecule has 130 valence electrons. The molecular weight excluding hydrogens is 316 g/mol. The van der Waals surface area contributed by atoms with Crippen molar-refractivity contribution in [3.8, 4) is 0 Å². The first-order valence-corrected chi connectivity index (χ1v) is 8.44. The lowest BCUT2D eigenvalue weighted by Gasteiger charge is -2.20. The molecule has 1 heterocycles. The second-order valence-corrected chi connectivity index (χ2v) is 6.22. The Bertz CT molecular complexity index is 778. The lowest BCUT2D eigenvalue weighted by atomic mass is 10.1. The number of benzene rings is 2. The fourth-order valence-electron chi connectivity index (χ4n) is 3.12. The molecule has 1 saturated heterocycles. The van der Waals surface area contributed by atoms with Crippen LogP contribution in [-0.4, -0.2) is 32.1 Å². The lowest BCUT2D eigenvalue weighted by molar-refractivity contribution is 0.0600. The van der Waals surface area contributed by atoms with E-state index in [2.05, 4.69) is 27.9 Å². The molecular formula is C20H22N2O3. The fraction of sp³-hybridized carbons (Fsp3) is 0.300. The summed E-state index contributed by atoms with van der Waals surface area (Å²) in [6.45, 7) is 4.26. The minimum atomic E-state index is -0.417. The van der Waals surface area contributed by atoms with Crippen molar-refractivity contribution in [3.05, 3.63) is 59.2 Å². The van der Waals surface area contributed by atoms with Crippen LogP contribution in [0.2, 0.25) is 0 Å². The molecule has 0 unspecified atom stereocenters. The number of nitrogens with zero attached hydrogens (tertiary/aromatic N) is 1. The quantitative estimate of drug-likeness (QED) is 0.865. The molecule has 0 spiro atoms. The molecule has 2 aromatic rings. The summed E-state index contributed by atoms with van der Waals surface area (Å²) in [7, 11) is 1.33. The van der Waals surface area contributed by atoms with Gasteiger partial charge in [-0.2, -0.15) is 0 Å². The molecule has 2 aromatic carbocycles. The third-order valence-corrected chi connectivity index (χ3v) is 4.47. The Morgan fingerprint density at radius 1 is 1.00 bits per heavy atom. The zero-order valence-corrected chi connectivity index (χ0v) is 14.5. The van der Waals surface area contributed by atoms with Gasteiger partial charge < -0.3 is 15.0 Å². The van der Waals surface area contributed by atoms with Crippen LogP contribution in [0.3, 0.4) is 0 Å². The number of nitrogens with one attached hydrogen (secondary N) is 1. The molecule has 5 heteroatoms. The van der Waals surface area contributed by atoms with Gasteiger partial charge in [0, 0.05) is 30.0 Å². The molecule has 0 aliphatic carbocycles. The van der Waals surface area contributed by atoms with Crippen molar-refractivity contribution in [2.24, 2.45) is 0 Å². The third kappa shape index (κ3) is 3.82. The highest BCUT2D eigenvalue weighted by Gasteiger charge is 2.15. The highest BCUT2D eigenvalue weighted by Crippen LogP contribution is 2.26. The zero-order chi connectivity index (χ0) is 17.8. The van der Waals surface area contributed by atoms with Gasteiger partial charge in [0.1, 0.15) is 0 Å². The van der Waals surface area contributed by atoms with Crippen LogP contribution in [0, 0.1) is 6.92 Å². The molecule has 1 fully saturated rings. The molecule has 1 aliphatic rings. The maximum atomic E-state index is 12.4. The number of ether oxygens (including phenoxy) is 1. The monoisotopic (exact) mass is 338 g/mol. The summed E-state index contributed by atoms with van der Waals surface area (Å²) in [6, 6.07) is 12.4. The van der Waals surface area contributed by atoms with E-state index in [1.807, 2.05) is 12.1 Å². The number of anilines is 2. The number of esters is 1. The van der Waals surface area contributed by atoms with Gasteiger partial charge in [0.05, 0.1) is 12.7 Å². The summed E-state index contributed by atoms with van der Waals surface area (Å²) in [5.41, 5.74) is 4.07. The number of hydrogen-bond acceptors (Lipinski definition) is 4. The first-order chi connectivity index (χ1) is 12.1. The maximum Gasteiger partial charge on any atom is 0.337 e. The van der Waals surface area contributed by atoms with Crippen LogP contribution < -0.4 is 10.2 Å². The van der Waals surface area contributed by atoms with Gasteiger partial charge in [-0.15, -0.1) is 0 Å². The van der Waals surface area contributed by atoms with Crippen LogP contribution in [-0.2, 0) is 4.74 Å². The molecule has 0 aromatic heterocycles. The average molecular weight is 338 g/mol. The zero-order valence-electron chi connectivity index (χ0n) is 14.5. The predicted molar refractivity (Wildman–Crippen MR) is 98.4 cm³/mol. The van der Waals surface area contributed by atoms with Crippen LogP contribution >= 0.6 is 0 Å². The number of rotatable bonds is 4. The van der Waals surface area contributed by atoms with Crippen molar-refractivity contribution in [2.45, 2.75) is 19.8 Å². The normalized spacial score (nSPS) is 13.6. The number of methoxy groups -OCH3 is 1. The predicted octanol–water partition coefficient (Wildman–Crippen LogP) is 3.63. The summed E-state index contributed by atoms with van der Waals surface area (Å²) in [5, 5.41) is 2.91. The highest BCUT2D eigenvalue weighted by atomic mass is 16.5. The molecule has 1 aliphatic heterocycles. The Labute approximate surface area is 147 Å². The molecule has 1 amide bonds. The van der Waals surface area contributed by atoms with E-state index in [4.69, 9.17) is 0 Å². The highest BCUT2D eigenvalue weighted by molar-refractivity contribution is 6.05. The van der Waals surface area contributed by atoms with Crippen molar-refractivity contribution in [1.82, 2.24) is 0 Å². The summed E-state index contributed by atoms with van der Waals surface area (Å²) >= 11 is 0. The van der Waals surface area contributed by atoms with Crippen LogP contribution in [0.15, 0.2) is 42.5 Å². The SMILES string of the molecule is COC(=O)c1ccc(C(=O)Nc2ccc(N3CCCC3)c(C)c2)cc1. The second kappa shape index (κ2) is 7.38. The van der Waals surface area contributed by atoms with Crippen molar-refractivity contribution < 1.29 is 14.3 Å². The van der Waals surface area contributed by atoms with E-state index >= 15 is 0 Å². The van der Waals surface area contributed by atoms with Gasteiger partial charge in [-0.3, -0.25) is 4.79 Å². The van der Waals surface area contributed by atoms with E-state index in [1.54, 1.807) is 24.3 Å². The van der Waals surface area contributed by atoms with Crippen LogP contribution in [0.25, 0.3) is 0 Å². The number of carbonyl (C=O) groups is 2. The second-order valence-electron chi connectivity index (χ2n) is 6.22. The number of hydrogen-bond donors (Lipinski definition) is 1. The van der Waals surface area contributed by atoms with Crippen molar-refractivity contribution in [1.29, 1.82) is 0 Å².